The third kappa shape index (κ3) is 8.93. The Morgan fingerprint density at radius 2 is 0.312 bits per heavy atom. The van der Waals surface area contributed by atoms with Crippen LogP contribution in [0.25, 0.3) is 157 Å². The molecule has 0 unspecified atom stereocenters. The molecule has 0 spiro atoms. The fourth-order valence-electron chi connectivity index (χ4n) is 12.1. The van der Waals surface area contributed by atoms with Gasteiger partial charge in [0.15, 0.2) is 93.1 Å². The minimum atomic E-state index is -2.50. The summed E-state index contributed by atoms with van der Waals surface area (Å²) in [4.78, 5) is 26.3. The van der Waals surface area contributed by atoms with Crippen LogP contribution in [0.2, 0.25) is 0 Å². The summed E-state index contributed by atoms with van der Waals surface area (Å²) in [6.07, 6.45) is 4.68. The van der Waals surface area contributed by atoms with Gasteiger partial charge in [-0.3, -0.25) is 0 Å². The van der Waals surface area contributed by atoms with Crippen molar-refractivity contribution < 1.29 is 87.8 Å². The van der Waals surface area contributed by atoms with Crippen LogP contribution in [-0.4, -0.2) is 39.9 Å². The number of aromatic amines is 6. The first kappa shape index (κ1) is 60.4. The van der Waals surface area contributed by atoms with Gasteiger partial charge in [0, 0.05) is 77.5 Å². The summed E-state index contributed by atoms with van der Waals surface area (Å²) in [7, 11) is 0. The quantitative estimate of drug-likeness (QED) is 0.0565. The highest BCUT2D eigenvalue weighted by atomic mass is 19.2. The number of fused-ring (bicyclic) bond motifs is 18. The molecule has 0 amide bonds. The molecule has 0 aliphatic carbocycles. The van der Waals surface area contributed by atoms with Crippen LogP contribution in [0.1, 0.15) is 22.8 Å². The van der Waals surface area contributed by atoms with Crippen molar-refractivity contribution in [3.05, 3.63) is 236 Å². The highest BCUT2D eigenvalue weighted by Gasteiger charge is 2.34. The molecule has 10 heterocycles. The molecule has 0 atom stereocenters. The Morgan fingerprint density at radius 3 is 0.542 bits per heavy atom. The lowest BCUT2D eigenvalue weighted by Crippen LogP contribution is -2.05. The van der Waals surface area contributed by atoms with E-state index >= 15 is 70.2 Å². The summed E-state index contributed by atoms with van der Waals surface area (Å²) in [5, 5.41) is 0. The Morgan fingerprint density at radius 1 is 0.156 bits per heavy atom. The molecule has 0 fully saturated rings. The molecule has 5 aromatic carbocycles. The maximum absolute atomic E-state index is 16.1. The molecule has 16 bridgehead atoms. The predicted octanol–water partition coefficient (Wildman–Crippen LogP) is 20.5. The van der Waals surface area contributed by atoms with Gasteiger partial charge in [-0.25, -0.2) is 97.8 Å². The molecule has 15 rings (SSSR count). The Hall–Kier alpha value is -11.8. The van der Waals surface area contributed by atoms with Crippen LogP contribution < -0.4 is 0 Å². The highest BCUT2D eigenvalue weighted by molar-refractivity contribution is 6.03. The molecule has 13 aromatic rings. The van der Waals surface area contributed by atoms with Crippen molar-refractivity contribution in [1.82, 2.24) is 39.9 Å². The van der Waals surface area contributed by atoms with E-state index in [4.69, 9.17) is 0 Å². The van der Waals surface area contributed by atoms with Crippen molar-refractivity contribution in [2.24, 2.45) is 0 Å². The fourth-order valence-corrected chi connectivity index (χ4v) is 12.1. The van der Waals surface area contributed by atoms with Crippen LogP contribution in [0.5, 0.6) is 0 Å². The summed E-state index contributed by atoms with van der Waals surface area (Å²) in [5.74, 6) is -47.0. The zero-order valence-corrected chi connectivity index (χ0v) is 47.0. The number of hydrogen-bond acceptors (Lipinski definition) is 2. The van der Waals surface area contributed by atoms with E-state index < -0.39 is 172 Å². The zero-order valence-electron chi connectivity index (χ0n) is 47.0. The van der Waals surface area contributed by atoms with E-state index in [0.717, 1.165) is 36.4 Å². The van der Waals surface area contributed by atoms with Crippen molar-refractivity contribution >= 4 is 90.5 Å². The summed E-state index contributed by atoms with van der Waals surface area (Å²) in [6, 6.07) is 19.8. The normalized spacial score (nSPS) is 12.3. The van der Waals surface area contributed by atoms with E-state index in [1.54, 1.807) is 0 Å². The lowest BCUT2D eigenvalue weighted by molar-refractivity contribution is 0.381. The molecule has 2 aliphatic heterocycles. The third-order valence-corrected chi connectivity index (χ3v) is 16.5. The largest absolute Gasteiger partial charge is 0.354 e. The van der Waals surface area contributed by atoms with Gasteiger partial charge in [-0.1, -0.05) is 24.3 Å². The molecular formula is C68H26F20N8. The van der Waals surface area contributed by atoms with E-state index in [-0.39, 0.29) is 99.8 Å². The van der Waals surface area contributed by atoms with Crippen molar-refractivity contribution in [1.29, 1.82) is 0 Å². The molecule has 0 saturated heterocycles. The molecular weight excluding hydrogens is 1310 g/mol. The highest BCUT2D eigenvalue weighted by Crippen LogP contribution is 2.45. The number of hydrogen-bond donors (Lipinski definition) is 6. The Bertz CT molecular complexity index is 5510. The topological polar surface area (TPSA) is 121 Å². The average Bonchev–Trinajstić information content (AvgIpc) is 1.41. The van der Waals surface area contributed by atoms with Crippen molar-refractivity contribution in [3.63, 3.8) is 0 Å². The van der Waals surface area contributed by atoms with Gasteiger partial charge in [0.05, 0.1) is 67.1 Å². The van der Waals surface area contributed by atoms with Gasteiger partial charge in [0.25, 0.3) is 0 Å². The number of H-pyrrole nitrogens is 6. The first-order valence-corrected chi connectivity index (χ1v) is 27.8. The first-order chi connectivity index (χ1) is 45.9. The van der Waals surface area contributed by atoms with Crippen molar-refractivity contribution in [2.75, 3.05) is 0 Å². The van der Waals surface area contributed by atoms with E-state index in [1.165, 1.54) is 84.9 Å². The van der Waals surface area contributed by atoms with Gasteiger partial charge in [-0.15, -0.1) is 0 Å². The van der Waals surface area contributed by atoms with Gasteiger partial charge in [-0.2, -0.15) is 0 Å². The van der Waals surface area contributed by atoms with Crippen LogP contribution in [0.3, 0.4) is 0 Å². The first-order valence-electron chi connectivity index (χ1n) is 27.8. The number of halogens is 20. The predicted molar refractivity (Wildman–Crippen MR) is 316 cm³/mol. The summed E-state index contributed by atoms with van der Waals surface area (Å²) in [6.45, 7) is 0. The maximum atomic E-state index is 16.1. The monoisotopic (exact) mass is 1330 g/mol. The molecule has 0 radical (unpaired) electrons. The minimum Gasteiger partial charge on any atom is -0.354 e. The fraction of sp³-hybridized carbons (Fsp3) is 0. The standard InChI is InChI=1S/C68H26F20N8/c69-49-45(50(70)58(78)65(85)57(49)77)41-31-9-5-23(89-31)24-6-10-32(90-24)42(46-51(71)59(79)66(86)60(80)52(46)72)36-18-14-28(94-36)39(27-13-17-35(41)93-27)21-1-2-22(4-3-21)40-29-15-19-37(95-29)43(47-53(73)61(81)67(87)62(82)54(47)74)33-11-7-25(91-33)26-8-12-34(92-26)44(38-20-16-30(40)96-38)48-55(75)63(83)68(88)64(84)56(48)76/h1-20,89-93,95H. The molecule has 6 N–H and O–H groups in total. The minimum absolute atomic E-state index is 0.0241. The van der Waals surface area contributed by atoms with Crippen molar-refractivity contribution in [2.45, 2.75) is 0 Å². The van der Waals surface area contributed by atoms with E-state index in [9.17, 15) is 17.6 Å². The van der Waals surface area contributed by atoms with Gasteiger partial charge in [-0.05, 0) is 108 Å². The molecule has 2 aliphatic rings. The number of rotatable bonds is 6. The molecule has 28 heteroatoms. The Labute approximate surface area is 519 Å². The number of benzene rings is 5. The van der Waals surface area contributed by atoms with Gasteiger partial charge < -0.3 is 29.9 Å². The lowest BCUT2D eigenvalue weighted by Gasteiger charge is -2.10. The second-order valence-corrected chi connectivity index (χ2v) is 21.8. The van der Waals surface area contributed by atoms with Gasteiger partial charge in [0.1, 0.15) is 0 Å². The van der Waals surface area contributed by atoms with Crippen LogP contribution >= 0.6 is 0 Å². The molecule has 478 valence electrons. The number of nitrogens with zero attached hydrogens (tertiary/aromatic N) is 2. The SMILES string of the molecule is Fc1c(F)c(F)c(-c2c3nc(c(-c4ccc(-c5c6nc(c(-c7c(F)c(F)c(F)c(F)c7F)c7ccc([nH]7)c7ccc([nH]7)c(-c7c(F)c(F)c(F)c(F)c7F)c7ccc5[nH]7)C=C6)cc4)c4ccc([nH]4)c(-c4c(F)c(F)c(F)c(F)c4F)c4ccc([nH]4)c4ccc2[nH]4)C=C3)c(F)c1F. The Kier molecular flexibility index (Phi) is 13.8. The van der Waals surface area contributed by atoms with E-state index in [2.05, 4.69) is 39.9 Å². The van der Waals surface area contributed by atoms with Crippen LogP contribution in [-0.2, 0) is 0 Å². The van der Waals surface area contributed by atoms with Gasteiger partial charge >= 0.3 is 0 Å². The smallest absolute Gasteiger partial charge is 0.200 e. The lowest BCUT2D eigenvalue weighted by atomic mass is 9.98. The number of aromatic nitrogens is 8. The van der Waals surface area contributed by atoms with Crippen LogP contribution in [0.15, 0.2) is 97.1 Å². The zero-order chi connectivity index (χ0) is 67.5. The van der Waals surface area contributed by atoms with E-state index in [1.807, 2.05) is 0 Å². The van der Waals surface area contributed by atoms with E-state index in [0.29, 0.717) is 0 Å². The van der Waals surface area contributed by atoms with Crippen molar-refractivity contribution in [3.8, 4) is 66.8 Å². The molecule has 8 aromatic heterocycles. The summed E-state index contributed by atoms with van der Waals surface area (Å²) in [5.41, 5.74) is -12.6. The maximum Gasteiger partial charge on any atom is 0.200 e. The van der Waals surface area contributed by atoms with Gasteiger partial charge in [0.2, 0.25) is 23.3 Å². The second-order valence-electron chi connectivity index (χ2n) is 21.8. The molecule has 8 nitrogen and oxygen atoms in total. The molecule has 0 saturated carbocycles. The average molecular weight is 1330 g/mol. The summed E-state index contributed by atoms with van der Waals surface area (Å²) >= 11 is 0. The Balaban J connectivity index is 1.04. The van der Waals surface area contributed by atoms with Crippen LogP contribution in [0.4, 0.5) is 87.8 Å². The molecule has 96 heavy (non-hydrogen) atoms. The third-order valence-electron chi connectivity index (χ3n) is 16.5. The van der Waals surface area contributed by atoms with Crippen LogP contribution in [0, 0.1) is 116 Å². The summed E-state index contributed by atoms with van der Waals surface area (Å²) < 4.78 is 310. The number of nitrogens with one attached hydrogen (secondary N) is 6. The second kappa shape index (κ2) is 21.9.